The molecule has 0 aromatic carbocycles. The quantitative estimate of drug-likeness (QED) is 0.905. The van der Waals surface area contributed by atoms with E-state index < -0.39 is 0 Å². The molecule has 5 nitrogen and oxygen atoms in total. The van der Waals surface area contributed by atoms with E-state index in [0.29, 0.717) is 0 Å². The Labute approximate surface area is 134 Å². The van der Waals surface area contributed by atoms with E-state index in [2.05, 4.69) is 39.0 Å². The summed E-state index contributed by atoms with van der Waals surface area (Å²) in [6.45, 7) is 6.80. The molecule has 2 aliphatic heterocycles. The molecule has 22 heavy (non-hydrogen) atoms. The fourth-order valence-electron chi connectivity index (χ4n) is 3.97. The van der Waals surface area contributed by atoms with E-state index in [9.17, 15) is 0 Å². The number of hydrogen-bond donors (Lipinski definition) is 1. The summed E-state index contributed by atoms with van der Waals surface area (Å²) in [5, 5.41) is 12.4. The number of piperidine rings is 2. The van der Waals surface area contributed by atoms with Crippen molar-refractivity contribution in [2.45, 2.75) is 64.5 Å². The number of aromatic nitrogens is 3. The molecular formula is C17H31N5. The molecular weight excluding hydrogens is 274 g/mol. The first-order chi connectivity index (χ1) is 10.8. The molecule has 3 rings (SSSR count). The average molecular weight is 305 g/mol. The summed E-state index contributed by atoms with van der Waals surface area (Å²) in [7, 11) is 2.15. The number of nitrogens with one attached hydrogen (secondary N) is 1. The van der Waals surface area contributed by atoms with Crippen LogP contribution in [0.1, 0.15) is 57.1 Å². The minimum absolute atomic E-state index is 0.735. The lowest BCUT2D eigenvalue weighted by Crippen LogP contribution is -2.39. The first kappa shape index (κ1) is 15.9. The van der Waals surface area contributed by atoms with Gasteiger partial charge >= 0.3 is 0 Å². The molecule has 1 atom stereocenters. The maximum absolute atomic E-state index is 4.50. The molecule has 0 saturated carbocycles. The van der Waals surface area contributed by atoms with Crippen LogP contribution in [0.4, 0.5) is 0 Å². The zero-order valence-electron chi connectivity index (χ0n) is 14.2. The molecule has 0 bridgehead atoms. The highest BCUT2D eigenvalue weighted by molar-refractivity contribution is 4.98. The van der Waals surface area contributed by atoms with Crippen molar-refractivity contribution in [1.82, 2.24) is 25.0 Å². The Kier molecular flexibility index (Phi) is 5.47. The van der Waals surface area contributed by atoms with Gasteiger partial charge in [0.15, 0.2) is 0 Å². The summed E-state index contributed by atoms with van der Waals surface area (Å²) in [5.41, 5.74) is 0. The standard InChI is InChI=1S/C17H31N5/c1-3-15-6-4-5-11-22(15)13-17-20-19-16(21(17)2)12-14-7-9-18-10-8-14/h14-15,18H,3-13H2,1-2H3. The van der Waals surface area contributed by atoms with Crippen molar-refractivity contribution in [2.24, 2.45) is 13.0 Å². The third-order valence-corrected chi connectivity index (χ3v) is 5.55. The lowest BCUT2D eigenvalue weighted by molar-refractivity contribution is 0.131. The fourth-order valence-corrected chi connectivity index (χ4v) is 3.97. The molecule has 1 N–H and O–H groups in total. The Balaban J connectivity index is 1.62. The van der Waals surface area contributed by atoms with Gasteiger partial charge in [-0.25, -0.2) is 0 Å². The summed E-state index contributed by atoms with van der Waals surface area (Å²) < 4.78 is 2.25. The van der Waals surface area contributed by atoms with Crippen molar-refractivity contribution in [3.63, 3.8) is 0 Å². The Morgan fingerprint density at radius 1 is 1.09 bits per heavy atom. The van der Waals surface area contributed by atoms with Gasteiger partial charge in [-0.3, -0.25) is 4.90 Å². The normalized spacial score (nSPS) is 24.7. The summed E-state index contributed by atoms with van der Waals surface area (Å²) in [6.07, 6.45) is 8.93. The van der Waals surface area contributed by atoms with Crippen LogP contribution in [0.2, 0.25) is 0 Å². The maximum atomic E-state index is 4.50. The van der Waals surface area contributed by atoms with Crippen molar-refractivity contribution in [1.29, 1.82) is 0 Å². The average Bonchev–Trinajstić information content (AvgIpc) is 2.90. The first-order valence-electron chi connectivity index (χ1n) is 9.09. The first-order valence-corrected chi connectivity index (χ1v) is 9.09. The summed E-state index contributed by atoms with van der Waals surface area (Å²) in [5.74, 6) is 3.09. The van der Waals surface area contributed by atoms with E-state index in [4.69, 9.17) is 0 Å². The van der Waals surface area contributed by atoms with Gasteiger partial charge in [0.25, 0.3) is 0 Å². The Morgan fingerprint density at radius 3 is 2.64 bits per heavy atom. The number of rotatable bonds is 5. The molecule has 1 aromatic heterocycles. The van der Waals surface area contributed by atoms with Crippen molar-refractivity contribution in [3.05, 3.63) is 11.6 Å². The summed E-state index contributed by atoms with van der Waals surface area (Å²) in [4.78, 5) is 2.61. The second kappa shape index (κ2) is 7.55. The molecule has 0 aliphatic carbocycles. The highest BCUT2D eigenvalue weighted by atomic mass is 15.3. The van der Waals surface area contributed by atoms with E-state index in [-0.39, 0.29) is 0 Å². The minimum Gasteiger partial charge on any atom is -0.317 e. The van der Waals surface area contributed by atoms with Crippen LogP contribution < -0.4 is 5.32 Å². The third kappa shape index (κ3) is 3.69. The fraction of sp³-hybridized carbons (Fsp3) is 0.882. The van der Waals surface area contributed by atoms with Crippen molar-refractivity contribution < 1.29 is 0 Å². The van der Waals surface area contributed by atoms with Crippen LogP contribution in [0.25, 0.3) is 0 Å². The van der Waals surface area contributed by atoms with Gasteiger partial charge in [-0.05, 0) is 57.7 Å². The van der Waals surface area contributed by atoms with Crippen LogP contribution in [0.3, 0.4) is 0 Å². The topological polar surface area (TPSA) is 46.0 Å². The SMILES string of the molecule is CCC1CCCCN1Cc1nnc(CC2CCNCC2)n1C. The van der Waals surface area contributed by atoms with E-state index >= 15 is 0 Å². The number of nitrogens with zero attached hydrogens (tertiary/aromatic N) is 4. The summed E-state index contributed by atoms with van der Waals surface area (Å²) >= 11 is 0. The van der Waals surface area contributed by atoms with Crippen LogP contribution in [-0.2, 0) is 20.0 Å². The molecule has 1 aromatic rings. The van der Waals surface area contributed by atoms with Gasteiger partial charge in [-0.1, -0.05) is 13.3 Å². The minimum atomic E-state index is 0.735. The van der Waals surface area contributed by atoms with Crippen LogP contribution in [0.5, 0.6) is 0 Å². The molecule has 1 unspecified atom stereocenters. The Bertz CT molecular complexity index is 464. The van der Waals surface area contributed by atoms with Crippen molar-refractivity contribution >= 4 is 0 Å². The van der Waals surface area contributed by atoms with Crippen LogP contribution >= 0.6 is 0 Å². The third-order valence-electron chi connectivity index (χ3n) is 5.55. The molecule has 3 heterocycles. The predicted octanol–water partition coefficient (Wildman–Crippen LogP) is 2.12. The van der Waals surface area contributed by atoms with Crippen molar-refractivity contribution in [2.75, 3.05) is 19.6 Å². The van der Waals surface area contributed by atoms with Crippen LogP contribution in [0.15, 0.2) is 0 Å². The highest BCUT2D eigenvalue weighted by Crippen LogP contribution is 2.22. The van der Waals surface area contributed by atoms with Gasteiger partial charge in [-0.2, -0.15) is 0 Å². The van der Waals surface area contributed by atoms with E-state index in [0.717, 1.165) is 43.8 Å². The van der Waals surface area contributed by atoms with Crippen LogP contribution in [0, 0.1) is 5.92 Å². The van der Waals surface area contributed by atoms with Gasteiger partial charge in [0.2, 0.25) is 0 Å². The molecule has 0 radical (unpaired) electrons. The van der Waals surface area contributed by atoms with Gasteiger partial charge in [0.05, 0.1) is 6.54 Å². The van der Waals surface area contributed by atoms with E-state index in [1.54, 1.807) is 0 Å². The van der Waals surface area contributed by atoms with Gasteiger partial charge in [-0.15, -0.1) is 10.2 Å². The maximum Gasteiger partial charge on any atom is 0.146 e. The predicted molar refractivity (Wildman–Crippen MR) is 88.6 cm³/mol. The molecule has 5 heteroatoms. The molecule has 124 valence electrons. The van der Waals surface area contributed by atoms with Crippen molar-refractivity contribution in [3.8, 4) is 0 Å². The zero-order chi connectivity index (χ0) is 15.4. The second-order valence-corrected chi connectivity index (χ2v) is 7.02. The molecule has 0 spiro atoms. The Hall–Kier alpha value is -0.940. The molecule has 2 aliphatic rings. The molecule has 2 fully saturated rings. The van der Waals surface area contributed by atoms with Crippen LogP contribution in [-0.4, -0.2) is 45.3 Å². The second-order valence-electron chi connectivity index (χ2n) is 7.02. The smallest absolute Gasteiger partial charge is 0.146 e. The highest BCUT2D eigenvalue weighted by Gasteiger charge is 2.23. The largest absolute Gasteiger partial charge is 0.317 e. The van der Waals surface area contributed by atoms with Gasteiger partial charge in [0.1, 0.15) is 11.6 Å². The summed E-state index contributed by atoms with van der Waals surface area (Å²) in [6, 6.07) is 0.735. The number of likely N-dealkylation sites (tertiary alicyclic amines) is 1. The van der Waals surface area contributed by atoms with E-state index in [1.165, 1.54) is 50.9 Å². The molecule has 2 saturated heterocycles. The molecule has 0 amide bonds. The van der Waals surface area contributed by atoms with Gasteiger partial charge in [0, 0.05) is 19.5 Å². The Morgan fingerprint density at radius 2 is 1.86 bits per heavy atom. The van der Waals surface area contributed by atoms with E-state index in [1.807, 2.05) is 0 Å². The van der Waals surface area contributed by atoms with Gasteiger partial charge < -0.3 is 9.88 Å². The lowest BCUT2D eigenvalue weighted by Gasteiger charge is -2.34. The zero-order valence-corrected chi connectivity index (χ0v) is 14.2. The monoisotopic (exact) mass is 305 g/mol. The lowest BCUT2D eigenvalue weighted by atomic mass is 9.94. The number of hydrogen-bond acceptors (Lipinski definition) is 4.